The predicted molar refractivity (Wildman–Crippen MR) is 106 cm³/mol. The highest BCUT2D eigenvalue weighted by Crippen LogP contribution is 2.10. The molecule has 6 nitrogen and oxygen atoms in total. The van der Waals surface area contributed by atoms with Gasteiger partial charge in [0.1, 0.15) is 0 Å². The fourth-order valence-electron chi connectivity index (χ4n) is 2.55. The van der Waals surface area contributed by atoms with Crippen LogP contribution >= 0.6 is 0 Å². The first kappa shape index (κ1) is 20.0. The van der Waals surface area contributed by atoms with Gasteiger partial charge < -0.3 is 15.4 Å². The Morgan fingerprint density at radius 1 is 1.19 bits per heavy atom. The van der Waals surface area contributed by atoms with Crippen LogP contribution in [0.2, 0.25) is 0 Å². The standard InChI is InChI=1S/C20H31N5O/c1-17(2)16-26-13-7-10-22-20(21-3)23-14-18-8-4-5-9-19(18)15-25-12-6-11-24-25/h4-6,8-9,11-12,17H,7,10,13-16H2,1-3H3,(H2,21,22,23). The van der Waals surface area contributed by atoms with Gasteiger partial charge in [0.15, 0.2) is 5.96 Å². The van der Waals surface area contributed by atoms with Gasteiger partial charge in [-0.25, -0.2) is 0 Å². The fourth-order valence-corrected chi connectivity index (χ4v) is 2.55. The zero-order chi connectivity index (χ0) is 18.6. The van der Waals surface area contributed by atoms with Gasteiger partial charge in [0.25, 0.3) is 0 Å². The van der Waals surface area contributed by atoms with Crippen molar-refractivity contribution in [2.75, 3.05) is 26.8 Å². The molecule has 1 aromatic heterocycles. The summed E-state index contributed by atoms with van der Waals surface area (Å²) in [6.45, 7) is 8.25. The van der Waals surface area contributed by atoms with Crippen molar-refractivity contribution in [1.29, 1.82) is 0 Å². The van der Waals surface area contributed by atoms with Gasteiger partial charge in [-0.05, 0) is 29.5 Å². The molecular weight excluding hydrogens is 326 g/mol. The highest BCUT2D eigenvalue weighted by Gasteiger charge is 2.04. The molecule has 1 heterocycles. The molecule has 0 aliphatic carbocycles. The summed E-state index contributed by atoms with van der Waals surface area (Å²) in [7, 11) is 1.79. The second-order valence-electron chi connectivity index (χ2n) is 6.65. The second kappa shape index (κ2) is 11.3. The Morgan fingerprint density at radius 2 is 2.00 bits per heavy atom. The molecule has 0 bridgehead atoms. The van der Waals surface area contributed by atoms with Crippen LogP contribution in [0.4, 0.5) is 0 Å². The number of hydrogen-bond acceptors (Lipinski definition) is 3. The van der Waals surface area contributed by atoms with Crippen molar-refractivity contribution in [3.63, 3.8) is 0 Å². The number of aromatic nitrogens is 2. The molecule has 0 aliphatic heterocycles. The van der Waals surface area contributed by atoms with E-state index in [-0.39, 0.29) is 0 Å². The predicted octanol–water partition coefficient (Wildman–Crippen LogP) is 2.66. The van der Waals surface area contributed by atoms with E-state index in [9.17, 15) is 0 Å². The van der Waals surface area contributed by atoms with E-state index in [0.717, 1.165) is 45.2 Å². The van der Waals surface area contributed by atoms with Crippen LogP contribution in [0.1, 0.15) is 31.4 Å². The van der Waals surface area contributed by atoms with Crippen LogP contribution in [0.25, 0.3) is 0 Å². The summed E-state index contributed by atoms with van der Waals surface area (Å²) in [5, 5.41) is 11.0. The summed E-state index contributed by atoms with van der Waals surface area (Å²) in [6, 6.07) is 10.3. The first-order valence-corrected chi connectivity index (χ1v) is 9.25. The SMILES string of the molecule is CN=C(NCCCOCC(C)C)NCc1ccccc1Cn1cccn1. The lowest BCUT2D eigenvalue weighted by atomic mass is 10.1. The van der Waals surface area contributed by atoms with Crippen LogP contribution in [-0.4, -0.2) is 42.5 Å². The molecule has 0 saturated carbocycles. The maximum Gasteiger partial charge on any atom is 0.191 e. The Kier molecular flexibility index (Phi) is 8.69. The van der Waals surface area contributed by atoms with Crippen LogP contribution < -0.4 is 10.6 Å². The Hall–Kier alpha value is -2.34. The van der Waals surface area contributed by atoms with Crippen molar-refractivity contribution < 1.29 is 4.74 Å². The maximum absolute atomic E-state index is 5.60. The zero-order valence-corrected chi connectivity index (χ0v) is 16.1. The quantitative estimate of drug-likeness (QED) is 0.390. The molecule has 0 unspecified atom stereocenters. The van der Waals surface area contributed by atoms with E-state index in [4.69, 9.17) is 4.74 Å². The average Bonchev–Trinajstić information content (AvgIpc) is 3.14. The van der Waals surface area contributed by atoms with E-state index in [1.807, 2.05) is 16.9 Å². The molecule has 142 valence electrons. The second-order valence-corrected chi connectivity index (χ2v) is 6.65. The van der Waals surface area contributed by atoms with Gasteiger partial charge in [-0.3, -0.25) is 9.67 Å². The summed E-state index contributed by atoms with van der Waals surface area (Å²) in [5.41, 5.74) is 2.49. The number of rotatable bonds is 10. The average molecular weight is 358 g/mol. The molecule has 0 amide bonds. The Morgan fingerprint density at radius 3 is 2.69 bits per heavy atom. The molecule has 6 heteroatoms. The smallest absolute Gasteiger partial charge is 0.191 e. The first-order valence-electron chi connectivity index (χ1n) is 9.25. The number of guanidine groups is 1. The molecule has 0 fully saturated rings. The van der Waals surface area contributed by atoms with Crippen molar-refractivity contribution in [1.82, 2.24) is 20.4 Å². The zero-order valence-electron chi connectivity index (χ0n) is 16.1. The number of nitrogens with zero attached hydrogens (tertiary/aromatic N) is 3. The first-order chi connectivity index (χ1) is 12.7. The maximum atomic E-state index is 5.60. The number of benzene rings is 1. The van der Waals surface area contributed by atoms with Crippen LogP contribution in [-0.2, 0) is 17.8 Å². The lowest BCUT2D eigenvalue weighted by molar-refractivity contribution is 0.108. The van der Waals surface area contributed by atoms with E-state index in [0.29, 0.717) is 5.92 Å². The minimum Gasteiger partial charge on any atom is -0.381 e. The number of aliphatic imine (C=N–C) groups is 1. The Labute approximate surface area is 156 Å². The largest absolute Gasteiger partial charge is 0.381 e. The molecule has 1 aromatic carbocycles. The van der Waals surface area contributed by atoms with Gasteiger partial charge in [-0.2, -0.15) is 5.10 Å². The number of nitrogens with one attached hydrogen (secondary N) is 2. The third-order valence-electron chi connectivity index (χ3n) is 3.89. The summed E-state index contributed by atoms with van der Waals surface area (Å²) in [5.74, 6) is 1.39. The van der Waals surface area contributed by atoms with Crippen molar-refractivity contribution in [2.24, 2.45) is 10.9 Å². The van der Waals surface area contributed by atoms with E-state index < -0.39 is 0 Å². The van der Waals surface area contributed by atoms with E-state index in [2.05, 4.69) is 58.8 Å². The number of ether oxygens (including phenoxy) is 1. The third-order valence-corrected chi connectivity index (χ3v) is 3.89. The molecular formula is C20H31N5O. The highest BCUT2D eigenvalue weighted by atomic mass is 16.5. The van der Waals surface area contributed by atoms with E-state index >= 15 is 0 Å². The van der Waals surface area contributed by atoms with Crippen LogP contribution in [0.15, 0.2) is 47.7 Å². The summed E-state index contributed by atoms with van der Waals surface area (Å²) in [6.07, 6.45) is 4.74. The summed E-state index contributed by atoms with van der Waals surface area (Å²) in [4.78, 5) is 4.29. The van der Waals surface area contributed by atoms with Crippen LogP contribution in [0.5, 0.6) is 0 Å². The van der Waals surface area contributed by atoms with Gasteiger partial charge in [0.05, 0.1) is 6.54 Å². The van der Waals surface area contributed by atoms with E-state index in [1.54, 1.807) is 13.2 Å². The van der Waals surface area contributed by atoms with Crippen molar-refractivity contribution >= 4 is 5.96 Å². The van der Waals surface area contributed by atoms with Crippen molar-refractivity contribution in [2.45, 2.75) is 33.4 Å². The molecule has 0 radical (unpaired) electrons. The lowest BCUT2D eigenvalue weighted by Gasteiger charge is -2.14. The molecule has 2 aromatic rings. The summed E-state index contributed by atoms with van der Waals surface area (Å²) >= 11 is 0. The Bertz CT molecular complexity index is 652. The number of hydrogen-bond donors (Lipinski definition) is 2. The molecule has 2 rings (SSSR count). The topological polar surface area (TPSA) is 63.5 Å². The van der Waals surface area contributed by atoms with Crippen LogP contribution in [0, 0.1) is 5.92 Å². The van der Waals surface area contributed by atoms with Gasteiger partial charge in [0.2, 0.25) is 0 Å². The van der Waals surface area contributed by atoms with Gasteiger partial charge in [-0.1, -0.05) is 38.1 Å². The highest BCUT2D eigenvalue weighted by molar-refractivity contribution is 5.79. The van der Waals surface area contributed by atoms with Crippen LogP contribution in [0.3, 0.4) is 0 Å². The molecule has 0 saturated heterocycles. The molecule has 0 spiro atoms. The molecule has 26 heavy (non-hydrogen) atoms. The molecule has 0 aliphatic rings. The van der Waals surface area contributed by atoms with Gasteiger partial charge in [-0.15, -0.1) is 0 Å². The normalized spacial score (nSPS) is 11.8. The van der Waals surface area contributed by atoms with Gasteiger partial charge in [0, 0.05) is 45.7 Å². The van der Waals surface area contributed by atoms with Crippen molar-refractivity contribution in [3.05, 3.63) is 53.9 Å². The summed E-state index contributed by atoms with van der Waals surface area (Å²) < 4.78 is 7.53. The minimum absolute atomic E-state index is 0.583. The molecule has 0 atom stereocenters. The minimum atomic E-state index is 0.583. The fraction of sp³-hybridized carbons (Fsp3) is 0.500. The van der Waals surface area contributed by atoms with Crippen molar-refractivity contribution in [3.8, 4) is 0 Å². The Balaban J connectivity index is 1.76. The monoisotopic (exact) mass is 357 g/mol. The third kappa shape index (κ3) is 7.27. The molecule has 2 N–H and O–H groups in total. The van der Waals surface area contributed by atoms with Gasteiger partial charge >= 0.3 is 0 Å². The van der Waals surface area contributed by atoms with E-state index in [1.165, 1.54) is 11.1 Å². The lowest BCUT2D eigenvalue weighted by Crippen LogP contribution is -2.37.